The van der Waals surface area contributed by atoms with Crippen molar-refractivity contribution in [2.75, 3.05) is 7.11 Å². The molecule has 1 aromatic rings. The van der Waals surface area contributed by atoms with Crippen LogP contribution in [0.4, 0.5) is 0 Å². The maximum atomic E-state index is 13.3. The Morgan fingerprint density at radius 2 is 1.56 bits per heavy atom. The Kier molecular flexibility index (Phi) is 7.00. The molecule has 1 saturated carbocycles. The number of hydrogen-bond donors (Lipinski definition) is 2. The molecule has 0 spiro atoms. The highest BCUT2D eigenvalue weighted by Gasteiger charge is 2.58. The van der Waals surface area contributed by atoms with Gasteiger partial charge in [-0.2, -0.15) is 0 Å². The van der Waals surface area contributed by atoms with Gasteiger partial charge in [0.25, 0.3) is 0 Å². The second kappa shape index (κ2) is 8.73. The van der Waals surface area contributed by atoms with Gasteiger partial charge < -0.3 is 24.4 Å². The Hall–Kier alpha value is -2.61. The summed E-state index contributed by atoms with van der Waals surface area (Å²) >= 11 is 0. The quantitative estimate of drug-likeness (QED) is 0.530. The number of ether oxygens (including phenoxy) is 3. The van der Waals surface area contributed by atoms with Gasteiger partial charge in [0, 0.05) is 12.3 Å². The molecule has 8 heteroatoms. The summed E-state index contributed by atoms with van der Waals surface area (Å²) in [5.41, 5.74) is -3.13. The highest BCUT2D eigenvalue weighted by atomic mass is 16.6. The smallest absolute Gasteiger partial charge is 0.317 e. The first-order valence-electron chi connectivity index (χ1n) is 10.5. The van der Waals surface area contributed by atoms with E-state index in [0.717, 1.165) is 0 Å². The summed E-state index contributed by atoms with van der Waals surface area (Å²) in [7, 11) is 1.36. The Morgan fingerprint density at radius 3 is 2.06 bits per heavy atom. The summed E-state index contributed by atoms with van der Waals surface area (Å²) in [6, 6.07) is 4.29. The summed E-state index contributed by atoms with van der Waals surface area (Å²) < 4.78 is 16.2. The van der Waals surface area contributed by atoms with Crippen LogP contribution in [-0.2, 0) is 23.9 Å². The van der Waals surface area contributed by atoms with E-state index >= 15 is 0 Å². The maximum absolute atomic E-state index is 13.3. The predicted octanol–water partition coefficient (Wildman–Crippen LogP) is 3.12. The van der Waals surface area contributed by atoms with Crippen molar-refractivity contribution in [3.63, 3.8) is 0 Å². The van der Waals surface area contributed by atoms with Crippen molar-refractivity contribution in [2.45, 2.75) is 77.6 Å². The monoisotopic (exact) mass is 450 g/mol. The Bertz CT molecular complexity index is 888. The zero-order valence-electron chi connectivity index (χ0n) is 20.0. The van der Waals surface area contributed by atoms with Crippen molar-refractivity contribution in [3.05, 3.63) is 23.8 Å². The molecule has 0 aromatic heterocycles. The standard InChI is InChI=1S/C24H34O8/c1-22(2,3)31-20(27)18-15(26)12-24(7,29)19(21(28)32-23(4,5)6)17(18)13-9-10-14(25)16(11-13)30-8/h9-11,17-19,25,29H,12H2,1-8H3/t17-,18+,19+,24-/m0/s1. The van der Waals surface area contributed by atoms with Crippen molar-refractivity contribution in [3.8, 4) is 11.5 Å². The molecule has 2 N–H and O–H groups in total. The molecule has 1 aliphatic rings. The maximum Gasteiger partial charge on any atom is 0.317 e. The zero-order chi connectivity index (χ0) is 24.6. The van der Waals surface area contributed by atoms with Gasteiger partial charge in [-0.1, -0.05) is 6.07 Å². The summed E-state index contributed by atoms with van der Waals surface area (Å²) in [6.45, 7) is 11.5. The molecule has 1 aliphatic carbocycles. The van der Waals surface area contributed by atoms with Crippen molar-refractivity contribution >= 4 is 17.7 Å². The summed E-state index contributed by atoms with van der Waals surface area (Å²) in [6.07, 6.45) is -0.410. The molecule has 0 heterocycles. The molecule has 8 nitrogen and oxygen atoms in total. The van der Waals surface area contributed by atoms with Crippen LogP contribution in [0.15, 0.2) is 18.2 Å². The number of carbonyl (C=O) groups is 3. The topological polar surface area (TPSA) is 119 Å². The van der Waals surface area contributed by atoms with Gasteiger partial charge >= 0.3 is 11.9 Å². The fourth-order valence-electron chi connectivity index (χ4n) is 4.05. The number of phenols is 1. The number of rotatable bonds is 4. The SMILES string of the molecule is COc1cc([C@H]2[C@H](C(=O)OC(C)(C)C)C(=O)C[C@](C)(O)[C@H]2C(=O)OC(C)(C)C)ccc1O. The zero-order valence-corrected chi connectivity index (χ0v) is 20.0. The fraction of sp³-hybridized carbons (Fsp3) is 0.625. The number of methoxy groups -OCH3 is 1. The first-order valence-corrected chi connectivity index (χ1v) is 10.5. The van der Waals surface area contributed by atoms with Crippen LogP contribution in [0.2, 0.25) is 0 Å². The van der Waals surface area contributed by atoms with Gasteiger partial charge in [-0.05, 0) is 66.2 Å². The van der Waals surface area contributed by atoms with E-state index in [1.165, 1.54) is 32.2 Å². The van der Waals surface area contributed by atoms with E-state index in [2.05, 4.69) is 0 Å². The van der Waals surface area contributed by atoms with E-state index in [1.54, 1.807) is 41.5 Å². The second-order valence-corrected chi connectivity index (χ2v) is 10.5. The number of aromatic hydroxyl groups is 1. The third-order valence-electron chi connectivity index (χ3n) is 5.18. The van der Waals surface area contributed by atoms with Gasteiger partial charge in [-0.3, -0.25) is 14.4 Å². The number of Topliss-reactive ketones (excluding diaryl/α,β-unsaturated/α-hetero) is 1. The van der Waals surface area contributed by atoms with E-state index in [9.17, 15) is 24.6 Å². The molecule has 0 saturated heterocycles. The number of aliphatic hydroxyl groups is 1. The van der Waals surface area contributed by atoms with Crippen LogP contribution < -0.4 is 4.74 Å². The van der Waals surface area contributed by atoms with Crippen molar-refractivity contribution < 1.29 is 38.8 Å². The van der Waals surface area contributed by atoms with Crippen molar-refractivity contribution in [1.29, 1.82) is 0 Å². The number of hydrogen-bond acceptors (Lipinski definition) is 8. The van der Waals surface area contributed by atoms with Crippen molar-refractivity contribution in [1.82, 2.24) is 0 Å². The summed E-state index contributed by atoms with van der Waals surface area (Å²) in [5, 5.41) is 21.2. The summed E-state index contributed by atoms with van der Waals surface area (Å²) in [5.74, 6) is -5.79. The van der Waals surface area contributed by atoms with E-state index in [-0.39, 0.29) is 11.5 Å². The predicted molar refractivity (Wildman–Crippen MR) is 116 cm³/mol. The Labute approximate surface area is 188 Å². The lowest BCUT2D eigenvalue weighted by Crippen LogP contribution is -2.56. The van der Waals surface area contributed by atoms with Gasteiger partial charge in [0.2, 0.25) is 0 Å². The lowest BCUT2D eigenvalue weighted by Gasteiger charge is -2.44. The largest absolute Gasteiger partial charge is 0.504 e. The van der Waals surface area contributed by atoms with Gasteiger partial charge in [0.1, 0.15) is 17.1 Å². The average molecular weight is 451 g/mol. The minimum Gasteiger partial charge on any atom is -0.504 e. The second-order valence-electron chi connectivity index (χ2n) is 10.5. The van der Waals surface area contributed by atoms with Crippen LogP contribution >= 0.6 is 0 Å². The van der Waals surface area contributed by atoms with Gasteiger partial charge in [-0.15, -0.1) is 0 Å². The molecule has 1 aromatic carbocycles. The average Bonchev–Trinajstić information content (AvgIpc) is 2.57. The molecule has 178 valence electrons. The van der Waals surface area contributed by atoms with E-state index in [0.29, 0.717) is 5.56 Å². The number of carbonyl (C=O) groups excluding carboxylic acids is 3. The van der Waals surface area contributed by atoms with Crippen LogP contribution in [-0.4, -0.2) is 51.8 Å². The minimum atomic E-state index is -1.77. The van der Waals surface area contributed by atoms with Gasteiger partial charge in [0.05, 0.1) is 18.6 Å². The number of ketones is 1. The summed E-state index contributed by atoms with van der Waals surface area (Å²) in [4.78, 5) is 39.5. The molecular formula is C24H34O8. The first-order chi connectivity index (χ1) is 14.5. The Morgan fingerprint density at radius 1 is 1.03 bits per heavy atom. The molecule has 4 atom stereocenters. The molecule has 0 bridgehead atoms. The van der Waals surface area contributed by atoms with Gasteiger partial charge in [-0.25, -0.2) is 0 Å². The van der Waals surface area contributed by atoms with Crippen LogP contribution in [0.1, 0.15) is 66.4 Å². The molecule has 0 aliphatic heterocycles. The van der Waals surface area contributed by atoms with E-state index in [4.69, 9.17) is 14.2 Å². The highest BCUT2D eigenvalue weighted by molar-refractivity contribution is 6.03. The van der Waals surface area contributed by atoms with Crippen LogP contribution in [0.5, 0.6) is 11.5 Å². The Balaban J connectivity index is 2.70. The lowest BCUT2D eigenvalue weighted by atomic mass is 9.61. The highest BCUT2D eigenvalue weighted by Crippen LogP contribution is 2.48. The molecule has 1 fully saturated rings. The van der Waals surface area contributed by atoms with Crippen LogP contribution in [0, 0.1) is 11.8 Å². The minimum absolute atomic E-state index is 0.103. The molecule has 0 radical (unpaired) electrons. The van der Waals surface area contributed by atoms with Crippen LogP contribution in [0.25, 0.3) is 0 Å². The molecule has 0 amide bonds. The first kappa shape index (κ1) is 25.6. The molecule has 2 rings (SSSR count). The number of phenolic OH excluding ortho intramolecular Hbond substituents is 1. The number of esters is 2. The normalized spacial score (nSPS) is 26.4. The van der Waals surface area contributed by atoms with Crippen LogP contribution in [0.3, 0.4) is 0 Å². The molecule has 0 unspecified atom stereocenters. The third-order valence-corrected chi connectivity index (χ3v) is 5.18. The molecule has 32 heavy (non-hydrogen) atoms. The van der Waals surface area contributed by atoms with E-state index in [1.807, 2.05) is 0 Å². The number of benzene rings is 1. The van der Waals surface area contributed by atoms with Gasteiger partial charge in [0.15, 0.2) is 17.3 Å². The third kappa shape index (κ3) is 5.79. The lowest BCUT2D eigenvalue weighted by molar-refractivity contribution is -0.182. The van der Waals surface area contributed by atoms with Crippen molar-refractivity contribution in [2.24, 2.45) is 11.8 Å². The fourth-order valence-corrected chi connectivity index (χ4v) is 4.05. The van der Waals surface area contributed by atoms with E-state index < -0.39 is 58.7 Å². The molecular weight excluding hydrogens is 416 g/mol.